The summed E-state index contributed by atoms with van der Waals surface area (Å²) in [6.45, 7) is 2.55. The molecule has 2 rings (SSSR count). The lowest BCUT2D eigenvalue weighted by molar-refractivity contribution is 0.0955. The number of nitrogens with one attached hydrogen (secondary N) is 1. The van der Waals surface area contributed by atoms with Crippen LogP contribution in [0.25, 0.3) is 0 Å². The fourth-order valence-electron chi connectivity index (χ4n) is 1.66. The third-order valence-corrected chi connectivity index (χ3v) is 2.70. The molecule has 0 aliphatic carbocycles. The van der Waals surface area contributed by atoms with Crippen molar-refractivity contribution in [2.75, 3.05) is 6.61 Å². The van der Waals surface area contributed by atoms with Gasteiger partial charge < -0.3 is 9.84 Å². The van der Waals surface area contributed by atoms with E-state index in [9.17, 15) is 4.79 Å². The Hall–Kier alpha value is -2.82. The third kappa shape index (κ3) is 4.35. The quantitative estimate of drug-likeness (QED) is 0.654. The molecule has 0 fully saturated rings. The van der Waals surface area contributed by atoms with Gasteiger partial charge in [0.15, 0.2) is 0 Å². The van der Waals surface area contributed by atoms with Crippen molar-refractivity contribution in [2.45, 2.75) is 6.92 Å². The van der Waals surface area contributed by atoms with Gasteiger partial charge in [0.05, 0.1) is 12.8 Å². The molecule has 0 aliphatic rings. The Morgan fingerprint density at radius 2 is 1.86 bits per heavy atom. The zero-order valence-corrected chi connectivity index (χ0v) is 11.6. The van der Waals surface area contributed by atoms with Crippen molar-refractivity contribution in [3.8, 4) is 11.5 Å². The Bertz CT molecular complexity index is 619. The lowest BCUT2D eigenvalue weighted by Crippen LogP contribution is -2.17. The first-order chi connectivity index (χ1) is 10.2. The maximum atomic E-state index is 11.8. The molecule has 108 valence electrons. The molecule has 0 spiro atoms. The largest absolute Gasteiger partial charge is 0.508 e. The van der Waals surface area contributed by atoms with Crippen LogP contribution in [0.1, 0.15) is 22.8 Å². The number of nitrogens with zero attached hydrogens (tertiary/aromatic N) is 1. The van der Waals surface area contributed by atoms with E-state index in [2.05, 4.69) is 10.5 Å². The van der Waals surface area contributed by atoms with Crippen LogP contribution in [0.5, 0.6) is 11.5 Å². The minimum atomic E-state index is -0.336. The Morgan fingerprint density at radius 1 is 1.19 bits per heavy atom. The molecule has 0 saturated heterocycles. The number of phenols is 1. The number of aromatic hydroxyl groups is 1. The lowest BCUT2D eigenvalue weighted by atomic mass is 10.2. The van der Waals surface area contributed by atoms with Crippen molar-refractivity contribution in [2.24, 2.45) is 5.10 Å². The van der Waals surface area contributed by atoms with E-state index < -0.39 is 0 Å². The number of ether oxygens (including phenoxy) is 1. The van der Waals surface area contributed by atoms with Crippen molar-refractivity contribution in [1.29, 1.82) is 0 Å². The molecule has 5 heteroatoms. The van der Waals surface area contributed by atoms with E-state index in [1.807, 2.05) is 31.2 Å². The molecule has 0 aromatic heterocycles. The Balaban J connectivity index is 1.92. The highest BCUT2D eigenvalue weighted by Crippen LogP contribution is 2.11. The SMILES string of the molecule is CCOc1ccc(/C=N\NC(=O)c2ccc(O)cc2)cc1. The van der Waals surface area contributed by atoms with Gasteiger partial charge >= 0.3 is 0 Å². The third-order valence-electron chi connectivity index (χ3n) is 2.70. The van der Waals surface area contributed by atoms with Gasteiger partial charge in [0.1, 0.15) is 11.5 Å². The molecule has 0 radical (unpaired) electrons. The maximum absolute atomic E-state index is 11.8. The van der Waals surface area contributed by atoms with Crippen molar-refractivity contribution in [3.05, 3.63) is 59.7 Å². The van der Waals surface area contributed by atoms with Gasteiger partial charge in [-0.2, -0.15) is 5.10 Å². The summed E-state index contributed by atoms with van der Waals surface area (Å²) in [6.07, 6.45) is 1.55. The van der Waals surface area contributed by atoms with Gasteiger partial charge in [-0.15, -0.1) is 0 Å². The number of amides is 1. The molecule has 21 heavy (non-hydrogen) atoms. The first-order valence-electron chi connectivity index (χ1n) is 6.54. The molecule has 0 unspecified atom stereocenters. The zero-order chi connectivity index (χ0) is 15.1. The first kappa shape index (κ1) is 14.6. The number of hydrogen-bond donors (Lipinski definition) is 2. The van der Waals surface area contributed by atoms with Crippen LogP contribution in [0.3, 0.4) is 0 Å². The summed E-state index contributed by atoms with van der Waals surface area (Å²) in [5, 5.41) is 13.0. The van der Waals surface area contributed by atoms with Crippen LogP contribution in [0.15, 0.2) is 53.6 Å². The zero-order valence-electron chi connectivity index (χ0n) is 11.6. The molecule has 2 aromatic carbocycles. The standard InChI is InChI=1S/C16H16N2O3/c1-2-21-15-9-3-12(4-10-15)11-17-18-16(20)13-5-7-14(19)8-6-13/h3-11,19H,2H2,1H3,(H,18,20)/b17-11-. The van der Waals surface area contributed by atoms with E-state index in [1.165, 1.54) is 24.3 Å². The summed E-state index contributed by atoms with van der Waals surface area (Å²) in [5.41, 5.74) is 3.70. The monoisotopic (exact) mass is 284 g/mol. The van der Waals surface area contributed by atoms with Crippen LogP contribution in [0.4, 0.5) is 0 Å². The molecule has 0 bridgehead atoms. The van der Waals surface area contributed by atoms with Gasteiger partial charge in [0.2, 0.25) is 0 Å². The molecule has 5 nitrogen and oxygen atoms in total. The number of hydrogen-bond acceptors (Lipinski definition) is 4. The number of benzene rings is 2. The van der Waals surface area contributed by atoms with Crippen LogP contribution in [-0.2, 0) is 0 Å². The summed E-state index contributed by atoms with van der Waals surface area (Å²) in [7, 11) is 0. The Morgan fingerprint density at radius 3 is 2.48 bits per heavy atom. The predicted octanol–water partition coefficient (Wildman–Crippen LogP) is 2.55. The van der Waals surface area contributed by atoms with E-state index >= 15 is 0 Å². The smallest absolute Gasteiger partial charge is 0.271 e. The molecular formula is C16H16N2O3. The molecule has 0 atom stereocenters. The highest BCUT2D eigenvalue weighted by molar-refractivity contribution is 5.94. The average Bonchev–Trinajstić information content (AvgIpc) is 2.50. The van der Waals surface area contributed by atoms with E-state index in [-0.39, 0.29) is 11.7 Å². The van der Waals surface area contributed by atoms with Crippen molar-refractivity contribution >= 4 is 12.1 Å². The van der Waals surface area contributed by atoms with Crippen LogP contribution in [-0.4, -0.2) is 23.8 Å². The summed E-state index contributed by atoms with van der Waals surface area (Å²) in [6, 6.07) is 13.3. The normalized spacial score (nSPS) is 10.5. The number of carbonyl (C=O) groups excluding carboxylic acids is 1. The highest BCUT2D eigenvalue weighted by Gasteiger charge is 2.03. The van der Waals surface area contributed by atoms with Crippen LogP contribution in [0.2, 0.25) is 0 Å². The van der Waals surface area contributed by atoms with Crippen molar-refractivity contribution < 1.29 is 14.6 Å². The second-order valence-corrected chi connectivity index (χ2v) is 4.25. The summed E-state index contributed by atoms with van der Waals surface area (Å²) >= 11 is 0. The molecule has 2 N–H and O–H groups in total. The van der Waals surface area contributed by atoms with E-state index in [1.54, 1.807) is 6.21 Å². The number of rotatable bonds is 5. The lowest BCUT2D eigenvalue weighted by Gasteiger charge is -2.02. The average molecular weight is 284 g/mol. The van der Waals surface area contributed by atoms with E-state index in [0.29, 0.717) is 12.2 Å². The predicted molar refractivity (Wildman–Crippen MR) is 80.8 cm³/mol. The van der Waals surface area contributed by atoms with Gasteiger partial charge in [-0.3, -0.25) is 4.79 Å². The minimum Gasteiger partial charge on any atom is -0.508 e. The first-order valence-corrected chi connectivity index (χ1v) is 6.54. The summed E-state index contributed by atoms with van der Waals surface area (Å²) < 4.78 is 5.34. The van der Waals surface area contributed by atoms with Crippen LogP contribution >= 0.6 is 0 Å². The summed E-state index contributed by atoms with van der Waals surface area (Å²) in [4.78, 5) is 11.8. The van der Waals surface area contributed by atoms with E-state index in [4.69, 9.17) is 9.84 Å². The molecule has 0 heterocycles. The number of hydrazone groups is 1. The fraction of sp³-hybridized carbons (Fsp3) is 0.125. The van der Waals surface area contributed by atoms with Gasteiger partial charge in [0.25, 0.3) is 5.91 Å². The second-order valence-electron chi connectivity index (χ2n) is 4.25. The molecule has 0 saturated carbocycles. The number of carbonyl (C=O) groups is 1. The minimum absolute atomic E-state index is 0.115. The van der Waals surface area contributed by atoms with E-state index in [0.717, 1.165) is 11.3 Å². The maximum Gasteiger partial charge on any atom is 0.271 e. The highest BCUT2D eigenvalue weighted by atomic mass is 16.5. The van der Waals surface area contributed by atoms with Crippen molar-refractivity contribution in [1.82, 2.24) is 5.43 Å². The topological polar surface area (TPSA) is 70.9 Å². The molecule has 2 aromatic rings. The number of phenolic OH excluding ortho intramolecular Hbond substituents is 1. The van der Waals surface area contributed by atoms with Gasteiger partial charge in [0, 0.05) is 5.56 Å². The van der Waals surface area contributed by atoms with Crippen LogP contribution in [0, 0.1) is 0 Å². The Labute approximate surface area is 122 Å². The summed E-state index contributed by atoms with van der Waals surface area (Å²) in [5.74, 6) is 0.574. The van der Waals surface area contributed by atoms with Gasteiger partial charge in [-0.25, -0.2) is 5.43 Å². The second kappa shape index (κ2) is 7.09. The molecular weight excluding hydrogens is 268 g/mol. The molecule has 1 amide bonds. The fourth-order valence-corrected chi connectivity index (χ4v) is 1.66. The van der Waals surface area contributed by atoms with Gasteiger partial charge in [-0.1, -0.05) is 0 Å². The van der Waals surface area contributed by atoms with Crippen LogP contribution < -0.4 is 10.2 Å². The molecule has 0 aliphatic heterocycles. The van der Waals surface area contributed by atoms with Gasteiger partial charge in [-0.05, 0) is 61.0 Å². The van der Waals surface area contributed by atoms with Crippen molar-refractivity contribution in [3.63, 3.8) is 0 Å². The Kier molecular flexibility index (Phi) is 4.93.